The topological polar surface area (TPSA) is 86.5 Å². The number of amides is 1. The van der Waals surface area contributed by atoms with E-state index in [-0.39, 0.29) is 47.2 Å². The molecule has 0 saturated carbocycles. The molecule has 1 aliphatic rings. The second kappa shape index (κ2) is 10.9. The number of nitrogens with zero attached hydrogens (tertiary/aromatic N) is 3. The van der Waals surface area contributed by atoms with Gasteiger partial charge in [0.2, 0.25) is 0 Å². The molecule has 3 aromatic rings. The number of hydrogen-bond donors (Lipinski definition) is 1. The first-order valence-corrected chi connectivity index (χ1v) is 12.1. The molecule has 198 valence electrons. The van der Waals surface area contributed by atoms with E-state index in [9.17, 15) is 23.5 Å². The van der Waals surface area contributed by atoms with Gasteiger partial charge < -0.3 is 29.0 Å². The normalized spacial score (nSPS) is 16.6. The minimum Gasteiger partial charge on any atom is -0.440 e. The van der Waals surface area contributed by atoms with Gasteiger partial charge in [-0.2, -0.15) is 0 Å². The lowest BCUT2D eigenvalue weighted by Gasteiger charge is -2.32. The number of likely N-dealkylation sites (N-methyl/N-ethyl adjacent to an activating group) is 1. The molecule has 10 heteroatoms. The van der Waals surface area contributed by atoms with Crippen LogP contribution in [0.5, 0.6) is 0 Å². The van der Waals surface area contributed by atoms with Crippen LogP contribution in [0.15, 0.2) is 45.6 Å². The average Bonchev–Trinajstić information content (AvgIpc) is 2.86. The van der Waals surface area contributed by atoms with Gasteiger partial charge in [0.1, 0.15) is 17.2 Å². The molecule has 37 heavy (non-hydrogen) atoms. The van der Waals surface area contributed by atoms with Crippen molar-refractivity contribution in [3.63, 3.8) is 0 Å². The number of morpholine rings is 1. The molecule has 2 atom stereocenters. The Hall–Kier alpha value is -3.50. The van der Waals surface area contributed by atoms with Gasteiger partial charge in [-0.1, -0.05) is 0 Å². The highest BCUT2D eigenvalue weighted by molar-refractivity contribution is 5.98. The van der Waals surface area contributed by atoms with Crippen LogP contribution in [0.1, 0.15) is 35.8 Å². The highest BCUT2D eigenvalue weighted by Crippen LogP contribution is 2.34. The second-order valence-electron chi connectivity index (χ2n) is 9.38. The SMILES string of the molecule is CC1CN(c2cc(=O)c3cc(C(=O)N(C)CCO)cc([C@@H](C)N(C)c4cc(F)cc(F)c4)c3o2)CCO1. The van der Waals surface area contributed by atoms with Crippen LogP contribution in [0, 0.1) is 11.6 Å². The van der Waals surface area contributed by atoms with Crippen molar-refractivity contribution >= 4 is 28.4 Å². The maximum absolute atomic E-state index is 14.0. The number of carbonyl (C=O) groups excluding carboxylic acids is 1. The van der Waals surface area contributed by atoms with Crippen molar-refractivity contribution in [2.24, 2.45) is 0 Å². The van der Waals surface area contributed by atoms with Crippen molar-refractivity contribution in [3.8, 4) is 0 Å². The molecule has 1 unspecified atom stereocenters. The smallest absolute Gasteiger partial charge is 0.253 e. The van der Waals surface area contributed by atoms with Gasteiger partial charge >= 0.3 is 0 Å². The van der Waals surface area contributed by atoms with E-state index >= 15 is 0 Å². The Labute approximate surface area is 213 Å². The molecule has 0 bridgehead atoms. The lowest BCUT2D eigenvalue weighted by molar-refractivity contribution is 0.0517. The van der Waals surface area contributed by atoms with E-state index in [0.717, 1.165) is 6.07 Å². The van der Waals surface area contributed by atoms with Crippen molar-refractivity contribution in [2.45, 2.75) is 26.0 Å². The lowest BCUT2D eigenvalue weighted by Crippen LogP contribution is -2.41. The van der Waals surface area contributed by atoms with Crippen molar-refractivity contribution in [2.75, 3.05) is 56.7 Å². The van der Waals surface area contributed by atoms with Gasteiger partial charge in [-0.25, -0.2) is 8.78 Å². The molecule has 1 fully saturated rings. The molecular formula is C27H31F2N3O5. The third-order valence-electron chi connectivity index (χ3n) is 6.71. The summed E-state index contributed by atoms with van der Waals surface area (Å²) in [6.07, 6.45) is -0.0378. The summed E-state index contributed by atoms with van der Waals surface area (Å²) in [6.45, 7) is 5.23. The molecular weight excluding hydrogens is 484 g/mol. The quantitative estimate of drug-likeness (QED) is 0.515. The Morgan fingerprint density at radius 1 is 1.16 bits per heavy atom. The Morgan fingerprint density at radius 3 is 2.51 bits per heavy atom. The van der Waals surface area contributed by atoms with Gasteiger partial charge in [0.25, 0.3) is 5.91 Å². The number of rotatable bonds is 7. The zero-order chi connectivity index (χ0) is 26.9. The monoisotopic (exact) mass is 515 g/mol. The van der Waals surface area contributed by atoms with E-state index in [1.165, 1.54) is 29.2 Å². The zero-order valence-electron chi connectivity index (χ0n) is 21.3. The molecule has 0 radical (unpaired) electrons. The molecule has 1 N–H and O–H groups in total. The van der Waals surface area contributed by atoms with Crippen molar-refractivity contribution in [1.82, 2.24) is 4.90 Å². The first-order valence-electron chi connectivity index (χ1n) is 12.1. The molecule has 2 heterocycles. The number of hydrogen-bond acceptors (Lipinski definition) is 7. The van der Waals surface area contributed by atoms with E-state index in [1.54, 1.807) is 32.0 Å². The third kappa shape index (κ3) is 5.60. The fourth-order valence-electron chi connectivity index (χ4n) is 4.53. The van der Waals surface area contributed by atoms with Crippen LogP contribution < -0.4 is 15.2 Å². The molecule has 2 aromatic carbocycles. The molecule has 1 aliphatic heterocycles. The summed E-state index contributed by atoms with van der Waals surface area (Å²) in [5, 5.41) is 9.48. The Bertz CT molecular complexity index is 1340. The van der Waals surface area contributed by atoms with Crippen LogP contribution in [0.25, 0.3) is 11.0 Å². The van der Waals surface area contributed by atoms with Crippen LogP contribution in [0.4, 0.5) is 20.4 Å². The first kappa shape index (κ1) is 26.6. The summed E-state index contributed by atoms with van der Waals surface area (Å²) >= 11 is 0. The van der Waals surface area contributed by atoms with Gasteiger partial charge in [0, 0.05) is 62.7 Å². The highest BCUT2D eigenvalue weighted by Gasteiger charge is 2.25. The summed E-state index contributed by atoms with van der Waals surface area (Å²) in [7, 11) is 3.22. The van der Waals surface area contributed by atoms with Crippen LogP contribution in [0.3, 0.4) is 0 Å². The Kier molecular flexibility index (Phi) is 7.79. The van der Waals surface area contributed by atoms with Crippen molar-refractivity contribution < 1.29 is 27.8 Å². The van der Waals surface area contributed by atoms with Gasteiger partial charge in [-0.15, -0.1) is 0 Å². The van der Waals surface area contributed by atoms with E-state index in [0.29, 0.717) is 36.7 Å². The van der Waals surface area contributed by atoms with Crippen LogP contribution in [-0.4, -0.2) is 69.0 Å². The maximum Gasteiger partial charge on any atom is 0.253 e. The third-order valence-corrected chi connectivity index (χ3v) is 6.71. The number of aliphatic hydroxyl groups excluding tert-OH is 1. The van der Waals surface area contributed by atoms with E-state index in [2.05, 4.69) is 0 Å². The van der Waals surface area contributed by atoms with Crippen molar-refractivity contribution in [1.29, 1.82) is 0 Å². The Morgan fingerprint density at radius 2 is 1.86 bits per heavy atom. The predicted molar refractivity (Wildman–Crippen MR) is 137 cm³/mol. The summed E-state index contributed by atoms with van der Waals surface area (Å²) in [6, 6.07) is 7.20. The minimum absolute atomic E-state index is 0.0378. The number of ether oxygens (including phenoxy) is 1. The second-order valence-corrected chi connectivity index (χ2v) is 9.38. The summed E-state index contributed by atoms with van der Waals surface area (Å²) in [5.74, 6) is -1.43. The highest BCUT2D eigenvalue weighted by atomic mass is 19.1. The molecule has 1 amide bonds. The van der Waals surface area contributed by atoms with E-state index in [4.69, 9.17) is 9.15 Å². The number of aliphatic hydroxyl groups is 1. The Balaban J connectivity index is 1.88. The number of fused-ring (bicyclic) bond motifs is 1. The van der Waals surface area contributed by atoms with Crippen LogP contribution >= 0.6 is 0 Å². The molecule has 8 nitrogen and oxygen atoms in total. The number of benzene rings is 2. The number of halogens is 2. The lowest BCUT2D eigenvalue weighted by atomic mass is 9.99. The van der Waals surface area contributed by atoms with Gasteiger partial charge in [0.05, 0.1) is 30.7 Å². The number of anilines is 2. The average molecular weight is 516 g/mol. The first-order chi connectivity index (χ1) is 17.6. The molecule has 0 aliphatic carbocycles. The van der Waals surface area contributed by atoms with Crippen molar-refractivity contribution in [3.05, 3.63) is 69.4 Å². The van der Waals surface area contributed by atoms with Crippen LogP contribution in [0.2, 0.25) is 0 Å². The molecule has 0 spiro atoms. The van der Waals surface area contributed by atoms with Gasteiger partial charge in [-0.3, -0.25) is 9.59 Å². The van der Waals surface area contributed by atoms with Gasteiger partial charge in [0.15, 0.2) is 11.3 Å². The zero-order valence-corrected chi connectivity index (χ0v) is 21.3. The molecule has 1 saturated heterocycles. The maximum atomic E-state index is 14.0. The van der Waals surface area contributed by atoms with E-state index < -0.39 is 17.7 Å². The fourth-order valence-corrected chi connectivity index (χ4v) is 4.53. The fraction of sp³-hybridized carbons (Fsp3) is 0.407. The summed E-state index contributed by atoms with van der Waals surface area (Å²) in [4.78, 5) is 31.3. The minimum atomic E-state index is -0.719. The largest absolute Gasteiger partial charge is 0.440 e. The predicted octanol–water partition coefficient (Wildman–Crippen LogP) is 3.56. The standard InChI is InChI=1S/C27H31F2N3O5/c1-16-15-32(6-8-36-16)25-14-24(34)23-10-18(27(35)30(3)5-7-33)9-22(26(23)37-25)17(2)31(4)21-12-19(28)11-20(29)13-21/h9-14,16-17,33H,5-8,15H2,1-4H3/t16?,17-/m1/s1. The van der Waals surface area contributed by atoms with Gasteiger partial charge in [-0.05, 0) is 38.1 Å². The summed E-state index contributed by atoms with van der Waals surface area (Å²) in [5.41, 5.74) is 1.00. The number of carbonyl (C=O) groups is 1. The molecule has 4 rings (SSSR count). The summed E-state index contributed by atoms with van der Waals surface area (Å²) < 4.78 is 39.8. The molecule has 1 aromatic heterocycles. The van der Waals surface area contributed by atoms with Crippen LogP contribution in [-0.2, 0) is 4.74 Å². The van der Waals surface area contributed by atoms with E-state index in [1.807, 2.05) is 11.8 Å².